The van der Waals surface area contributed by atoms with Crippen molar-refractivity contribution in [1.29, 1.82) is 0 Å². The summed E-state index contributed by atoms with van der Waals surface area (Å²) in [5.41, 5.74) is 3.34. The van der Waals surface area contributed by atoms with Gasteiger partial charge in [0.25, 0.3) is 5.56 Å². The summed E-state index contributed by atoms with van der Waals surface area (Å²) in [5.74, 6) is 1.13. The molecule has 0 radical (unpaired) electrons. The number of nitrogens with zero attached hydrogens (tertiary/aromatic N) is 1. The minimum absolute atomic E-state index is 0.0846. The standard InChI is InChI=1S/C25H18N2O4/c28-15-5-7-21-17(11-15)18-13-27(10-9-14-12-26-19-4-2-1-3-16(14)19)25(30)24-20(29)6-8-22(31-21)23(18)24/h1-8,11-13,26,28-29H,9-10H2. The van der Waals surface area contributed by atoms with Crippen molar-refractivity contribution in [3.05, 3.63) is 82.9 Å². The predicted octanol–water partition coefficient (Wildman–Crippen LogP) is 4.91. The zero-order valence-electron chi connectivity index (χ0n) is 16.4. The molecule has 0 unspecified atom stereocenters. The van der Waals surface area contributed by atoms with E-state index in [-0.39, 0.29) is 22.4 Å². The van der Waals surface area contributed by atoms with Crippen molar-refractivity contribution in [2.24, 2.45) is 0 Å². The summed E-state index contributed by atoms with van der Waals surface area (Å²) in [5, 5.41) is 22.5. The van der Waals surface area contributed by atoms with Crippen LogP contribution >= 0.6 is 0 Å². The van der Waals surface area contributed by atoms with Crippen molar-refractivity contribution in [3.63, 3.8) is 0 Å². The molecule has 3 heterocycles. The van der Waals surface area contributed by atoms with Gasteiger partial charge in [0.15, 0.2) is 0 Å². The number of aryl methyl sites for hydroxylation is 2. The average molecular weight is 410 g/mol. The highest BCUT2D eigenvalue weighted by atomic mass is 16.5. The van der Waals surface area contributed by atoms with Crippen LogP contribution in [0.5, 0.6) is 23.0 Å². The van der Waals surface area contributed by atoms with E-state index >= 15 is 0 Å². The highest BCUT2D eigenvalue weighted by molar-refractivity contribution is 6.05. The van der Waals surface area contributed by atoms with Crippen LogP contribution in [0, 0.1) is 0 Å². The molecular weight excluding hydrogens is 392 g/mol. The van der Waals surface area contributed by atoms with Gasteiger partial charge < -0.3 is 24.5 Å². The number of aromatic hydroxyl groups is 2. The van der Waals surface area contributed by atoms with Gasteiger partial charge in [0.2, 0.25) is 0 Å². The first-order valence-corrected chi connectivity index (χ1v) is 10.1. The number of ether oxygens (including phenoxy) is 1. The molecule has 0 atom stereocenters. The van der Waals surface area contributed by atoms with Gasteiger partial charge in [0.1, 0.15) is 23.0 Å². The SMILES string of the molecule is O=c1c2c(O)ccc3c2c(cn1CCc1c[nH]c2ccccc12)-c1cc(O)ccc1O3. The van der Waals surface area contributed by atoms with Gasteiger partial charge in [0, 0.05) is 46.4 Å². The van der Waals surface area contributed by atoms with E-state index in [4.69, 9.17) is 4.74 Å². The second kappa shape index (κ2) is 6.40. The highest BCUT2D eigenvalue weighted by Gasteiger charge is 2.25. The minimum Gasteiger partial charge on any atom is -0.508 e. The molecule has 6 rings (SSSR count). The van der Waals surface area contributed by atoms with E-state index in [1.807, 2.05) is 24.4 Å². The third-order valence-electron chi connectivity index (χ3n) is 5.94. The van der Waals surface area contributed by atoms with Crippen LogP contribution in [-0.2, 0) is 13.0 Å². The van der Waals surface area contributed by atoms with Crippen LogP contribution in [0.15, 0.2) is 71.8 Å². The maximum absolute atomic E-state index is 13.3. The molecule has 0 amide bonds. The third kappa shape index (κ3) is 2.61. The van der Waals surface area contributed by atoms with Gasteiger partial charge >= 0.3 is 0 Å². The molecule has 3 aromatic carbocycles. The molecule has 6 nitrogen and oxygen atoms in total. The lowest BCUT2D eigenvalue weighted by Gasteiger charge is -2.23. The normalized spacial score (nSPS) is 12.1. The van der Waals surface area contributed by atoms with Gasteiger partial charge in [0.05, 0.1) is 5.39 Å². The van der Waals surface area contributed by atoms with Gasteiger partial charge in [-0.05, 0) is 48.4 Å². The van der Waals surface area contributed by atoms with E-state index in [0.29, 0.717) is 35.4 Å². The number of H-pyrrole nitrogens is 1. The van der Waals surface area contributed by atoms with E-state index in [1.54, 1.807) is 35.0 Å². The topological polar surface area (TPSA) is 87.5 Å². The fourth-order valence-electron chi connectivity index (χ4n) is 4.45. The number of benzene rings is 3. The Morgan fingerprint density at radius 2 is 1.77 bits per heavy atom. The molecule has 152 valence electrons. The molecule has 5 aromatic rings. The molecule has 0 saturated carbocycles. The molecule has 0 bridgehead atoms. The lowest BCUT2D eigenvalue weighted by molar-refractivity contribution is 0.463. The van der Waals surface area contributed by atoms with E-state index < -0.39 is 0 Å². The summed E-state index contributed by atoms with van der Waals surface area (Å²) in [4.78, 5) is 16.6. The van der Waals surface area contributed by atoms with Crippen molar-refractivity contribution in [2.45, 2.75) is 13.0 Å². The van der Waals surface area contributed by atoms with Crippen LogP contribution in [-0.4, -0.2) is 19.8 Å². The number of phenolic OH excluding ortho intramolecular Hbond substituents is 2. The maximum atomic E-state index is 13.3. The van der Waals surface area contributed by atoms with Crippen LogP contribution in [0.3, 0.4) is 0 Å². The van der Waals surface area contributed by atoms with Crippen molar-refractivity contribution < 1.29 is 14.9 Å². The first-order valence-electron chi connectivity index (χ1n) is 10.1. The van der Waals surface area contributed by atoms with E-state index in [0.717, 1.165) is 22.0 Å². The second-order valence-corrected chi connectivity index (χ2v) is 7.77. The monoisotopic (exact) mass is 410 g/mol. The van der Waals surface area contributed by atoms with Crippen molar-refractivity contribution in [3.8, 4) is 34.1 Å². The van der Waals surface area contributed by atoms with Gasteiger partial charge in [-0.1, -0.05) is 18.2 Å². The molecule has 0 spiro atoms. The van der Waals surface area contributed by atoms with Gasteiger partial charge in [-0.2, -0.15) is 0 Å². The summed E-state index contributed by atoms with van der Waals surface area (Å²) in [6.07, 6.45) is 4.42. The Morgan fingerprint density at radius 3 is 2.68 bits per heavy atom. The predicted molar refractivity (Wildman–Crippen MR) is 119 cm³/mol. The van der Waals surface area contributed by atoms with Crippen LogP contribution < -0.4 is 10.3 Å². The number of hydrogen-bond acceptors (Lipinski definition) is 4. The molecule has 0 fully saturated rings. The average Bonchev–Trinajstić information content (AvgIpc) is 3.19. The van der Waals surface area contributed by atoms with E-state index in [1.165, 1.54) is 6.07 Å². The number of para-hydroxylation sites is 1. The van der Waals surface area contributed by atoms with Crippen LogP contribution in [0.2, 0.25) is 0 Å². The molecule has 1 aliphatic rings. The van der Waals surface area contributed by atoms with Crippen LogP contribution in [0.1, 0.15) is 5.56 Å². The highest BCUT2D eigenvalue weighted by Crippen LogP contribution is 2.48. The molecule has 0 aliphatic carbocycles. The van der Waals surface area contributed by atoms with Gasteiger partial charge in [-0.3, -0.25) is 4.79 Å². The number of nitrogens with one attached hydrogen (secondary N) is 1. The molecule has 1 aliphatic heterocycles. The number of hydrogen-bond donors (Lipinski definition) is 3. The fourth-order valence-corrected chi connectivity index (χ4v) is 4.45. The number of fused-ring (bicyclic) bond motifs is 3. The third-order valence-corrected chi connectivity index (χ3v) is 5.94. The maximum Gasteiger partial charge on any atom is 0.262 e. The summed E-state index contributed by atoms with van der Waals surface area (Å²) < 4.78 is 7.57. The minimum atomic E-state index is -0.273. The van der Waals surface area contributed by atoms with Crippen LogP contribution in [0.25, 0.3) is 32.8 Å². The Balaban J connectivity index is 1.53. The molecule has 2 aromatic heterocycles. The van der Waals surface area contributed by atoms with Crippen molar-refractivity contribution in [2.75, 3.05) is 0 Å². The Bertz CT molecular complexity index is 1560. The number of rotatable bonds is 3. The van der Waals surface area contributed by atoms with E-state index in [9.17, 15) is 15.0 Å². The lowest BCUT2D eigenvalue weighted by atomic mass is 9.96. The lowest BCUT2D eigenvalue weighted by Crippen LogP contribution is -2.22. The van der Waals surface area contributed by atoms with Gasteiger partial charge in [-0.25, -0.2) is 0 Å². The summed E-state index contributed by atoms with van der Waals surface area (Å²) >= 11 is 0. The summed E-state index contributed by atoms with van der Waals surface area (Å²) in [6.45, 7) is 0.447. The smallest absolute Gasteiger partial charge is 0.262 e. The Kier molecular flexibility index (Phi) is 3.65. The summed E-state index contributed by atoms with van der Waals surface area (Å²) in [7, 11) is 0. The first kappa shape index (κ1) is 17.7. The van der Waals surface area contributed by atoms with Gasteiger partial charge in [-0.15, -0.1) is 0 Å². The Morgan fingerprint density at radius 1 is 0.935 bits per heavy atom. The molecule has 3 N–H and O–H groups in total. The van der Waals surface area contributed by atoms with E-state index in [2.05, 4.69) is 11.1 Å². The number of pyridine rings is 1. The second-order valence-electron chi connectivity index (χ2n) is 7.77. The number of aromatic nitrogens is 2. The van der Waals surface area contributed by atoms with Crippen molar-refractivity contribution in [1.82, 2.24) is 9.55 Å². The molecule has 6 heteroatoms. The molecular formula is C25H18N2O4. The van der Waals surface area contributed by atoms with Crippen LogP contribution in [0.4, 0.5) is 0 Å². The fraction of sp³-hybridized carbons (Fsp3) is 0.0800. The van der Waals surface area contributed by atoms with Crippen molar-refractivity contribution >= 4 is 21.7 Å². The number of phenols is 2. The zero-order valence-corrected chi connectivity index (χ0v) is 16.4. The zero-order chi connectivity index (χ0) is 21.1. The first-order chi connectivity index (χ1) is 15.1. The number of aromatic amines is 1. The largest absolute Gasteiger partial charge is 0.508 e. The molecule has 31 heavy (non-hydrogen) atoms. The molecule has 0 saturated heterocycles. The Hall–Kier alpha value is -4.19. The summed E-state index contributed by atoms with van der Waals surface area (Å²) in [6, 6.07) is 16.1. The quantitative estimate of drug-likeness (QED) is 0.387. The Labute approximate surface area is 176 Å².